The summed E-state index contributed by atoms with van der Waals surface area (Å²) < 4.78 is 0. The molecule has 12 heavy (non-hydrogen) atoms. The normalized spacial score (nSPS) is 17.2. The molecule has 0 spiro atoms. The highest BCUT2D eigenvalue weighted by atomic mass is 16.4. The second-order valence-electron chi connectivity index (χ2n) is 3.31. The van der Waals surface area contributed by atoms with Crippen molar-refractivity contribution >= 4 is 11.9 Å². The van der Waals surface area contributed by atoms with Crippen molar-refractivity contribution in [3.8, 4) is 0 Å². The first-order valence-corrected chi connectivity index (χ1v) is 4.05. The summed E-state index contributed by atoms with van der Waals surface area (Å²) in [5.41, 5.74) is 0. The molecule has 0 aromatic heterocycles. The van der Waals surface area contributed by atoms with E-state index >= 15 is 0 Å². The van der Waals surface area contributed by atoms with E-state index in [-0.39, 0.29) is 0 Å². The fourth-order valence-electron chi connectivity index (χ4n) is 1.26. The number of carboxylic acid groups (broad SMARTS) is 1. The second kappa shape index (κ2) is 3.56. The van der Waals surface area contributed by atoms with Crippen LogP contribution in [-0.2, 0) is 4.79 Å². The lowest BCUT2D eigenvalue weighted by Crippen LogP contribution is -2.31. The van der Waals surface area contributed by atoms with Crippen molar-refractivity contribution in [2.45, 2.75) is 19.3 Å². The molecule has 1 aliphatic rings. The van der Waals surface area contributed by atoms with Crippen molar-refractivity contribution in [2.75, 3.05) is 13.6 Å². The molecular weight excluding hydrogens is 158 g/mol. The number of hydrogen-bond donors (Lipinski definition) is 1. The van der Waals surface area contributed by atoms with Crippen molar-refractivity contribution in [3.05, 3.63) is 0 Å². The Bertz CT molecular complexity index is 194. The Labute approximate surface area is 71.2 Å². The minimum Gasteiger partial charge on any atom is -0.465 e. The van der Waals surface area contributed by atoms with E-state index in [1.54, 1.807) is 7.05 Å². The van der Waals surface area contributed by atoms with Gasteiger partial charge in [-0.05, 0) is 12.3 Å². The minimum absolute atomic E-state index is 0.304. The van der Waals surface area contributed by atoms with E-state index in [9.17, 15) is 9.59 Å². The summed E-state index contributed by atoms with van der Waals surface area (Å²) in [6, 6.07) is 0. The molecule has 1 aliphatic carbocycles. The Kier molecular flexibility index (Phi) is 2.68. The molecule has 1 fully saturated rings. The average molecular weight is 171 g/mol. The van der Waals surface area contributed by atoms with Crippen LogP contribution in [0.3, 0.4) is 0 Å². The summed E-state index contributed by atoms with van der Waals surface area (Å²) >= 11 is 0. The summed E-state index contributed by atoms with van der Waals surface area (Å²) in [6.07, 6.45) is 1.20. The minimum atomic E-state index is -0.902. The van der Waals surface area contributed by atoms with Gasteiger partial charge in [0.25, 0.3) is 0 Å². The van der Waals surface area contributed by atoms with Crippen LogP contribution in [0.15, 0.2) is 0 Å². The predicted octanol–water partition coefficient (Wildman–Crippen LogP) is 0.965. The third kappa shape index (κ3) is 2.22. The molecule has 1 rings (SSSR count). The third-order valence-electron chi connectivity index (χ3n) is 2.23. The van der Waals surface area contributed by atoms with Crippen molar-refractivity contribution in [3.63, 3.8) is 0 Å². The zero-order valence-electron chi connectivity index (χ0n) is 7.12. The van der Waals surface area contributed by atoms with Crippen LogP contribution in [0.2, 0.25) is 0 Å². The molecule has 0 atom stereocenters. The maximum absolute atomic E-state index is 10.6. The molecule has 0 saturated heterocycles. The van der Waals surface area contributed by atoms with Crippen molar-refractivity contribution in [1.29, 1.82) is 0 Å². The van der Waals surface area contributed by atoms with E-state index < -0.39 is 6.09 Å². The summed E-state index contributed by atoms with van der Waals surface area (Å²) in [7, 11) is 1.54. The Hall–Kier alpha value is -1.06. The van der Waals surface area contributed by atoms with Crippen molar-refractivity contribution in [1.82, 2.24) is 4.90 Å². The number of amides is 1. The Morgan fingerprint density at radius 3 is 2.67 bits per heavy atom. The van der Waals surface area contributed by atoms with E-state index in [0.717, 1.165) is 6.42 Å². The van der Waals surface area contributed by atoms with Gasteiger partial charge in [-0.25, -0.2) is 4.79 Å². The summed E-state index contributed by atoms with van der Waals surface area (Å²) in [5.74, 6) is 0.734. The van der Waals surface area contributed by atoms with E-state index in [1.165, 1.54) is 4.90 Å². The smallest absolute Gasteiger partial charge is 0.407 e. The van der Waals surface area contributed by atoms with Crippen LogP contribution < -0.4 is 0 Å². The van der Waals surface area contributed by atoms with Crippen molar-refractivity contribution in [2.24, 2.45) is 5.92 Å². The maximum Gasteiger partial charge on any atom is 0.407 e. The van der Waals surface area contributed by atoms with E-state index in [4.69, 9.17) is 5.11 Å². The first-order valence-electron chi connectivity index (χ1n) is 4.05. The van der Waals surface area contributed by atoms with Gasteiger partial charge >= 0.3 is 6.09 Å². The third-order valence-corrected chi connectivity index (χ3v) is 2.23. The van der Waals surface area contributed by atoms with Gasteiger partial charge in [-0.2, -0.15) is 0 Å². The van der Waals surface area contributed by atoms with E-state index in [2.05, 4.69) is 0 Å². The number of carbonyl (C=O) groups is 2. The first-order chi connectivity index (χ1) is 5.59. The molecule has 0 radical (unpaired) electrons. The van der Waals surface area contributed by atoms with Gasteiger partial charge < -0.3 is 10.0 Å². The van der Waals surface area contributed by atoms with Crippen LogP contribution >= 0.6 is 0 Å². The van der Waals surface area contributed by atoms with Gasteiger partial charge in [0, 0.05) is 26.4 Å². The first kappa shape index (κ1) is 9.03. The van der Waals surface area contributed by atoms with Gasteiger partial charge in [0.05, 0.1) is 0 Å². The summed E-state index contributed by atoms with van der Waals surface area (Å²) in [6.45, 7) is 0.535. The number of nitrogens with zero attached hydrogens (tertiary/aromatic N) is 1. The zero-order valence-corrected chi connectivity index (χ0v) is 7.12. The molecule has 0 heterocycles. The molecule has 0 aromatic carbocycles. The molecule has 0 unspecified atom stereocenters. The highest BCUT2D eigenvalue weighted by Crippen LogP contribution is 2.25. The summed E-state index contributed by atoms with van der Waals surface area (Å²) in [4.78, 5) is 22.2. The molecule has 1 amide bonds. The van der Waals surface area contributed by atoms with Gasteiger partial charge in [0.2, 0.25) is 0 Å². The van der Waals surface area contributed by atoms with Gasteiger partial charge in [-0.15, -0.1) is 0 Å². The largest absolute Gasteiger partial charge is 0.465 e. The number of Topliss-reactive ketones (excluding diaryl/α,β-unsaturated/α-hetero) is 1. The van der Waals surface area contributed by atoms with Gasteiger partial charge in [0.15, 0.2) is 0 Å². The highest BCUT2D eigenvalue weighted by Gasteiger charge is 2.26. The average Bonchev–Trinajstić information content (AvgIpc) is 1.95. The summed E-state index contributed by atoms with van der Waals surface area (Å²) in [5, 5.41) is 8.50. The second-order valence-corrected chi connectivity index (χ2v) is 3.31. The standard InChI is InChI=1S/C8H13NO3/c1-9(8(11)12)3-2-6-4-7(10)5-6/h6H,2-5H2,1H3,(H,11,12). The van der Waals surface area contributed by atoms with Crippen LogP contribution in [0.5, 0.6) is 0 Å². The lowest BCUT2D eigenvalue weighted by atomic mass is 9.82. The number of rotatable bonds is 3. The molecule has 1 saturated carbocycles. The number of carbonyl (C=O) groups excluding carboxylic acids is 1. The lowest BCUT2D eigenvalue weighted by Gasteiger charge is -2.25. The Morgan fingerprint density at radius 2 is 2.25 bits per heavy atom. The van der Waals surface area contributed by atoms with Crippen LogP contribution in [0, 0.1) is 5.92 Å². The fourth-order valence-corrected chi connectivity index (χ4v) is 1.26. The monoisotopic (exact) mass is 171 g/mol. The van der Waals surface area contributed by atoms with Gasteiger partial charge in [-0.1, -0.05) is 0 Å². The molecule has 0 aliphatic heterocycles. The SMILES string of the molecule is CN(CCC1CC(=O)C1)C(=O)O. The maximum atomic E-state index is 10.6. The molecule has 0 bridgehead atoms. The number of ketones is 1. The lowest BCUT2D eigenvalue weighted by molar-refractivity contribution is -0.127. The van der Waals surface area contributed by atoms with Crippen molar-refractivity contribution < 1.29 is 14.7 Å². The molecule has 4 heteroatoms. The Balaban J connectivity index is 2.10. The quantitative estimate of drug-likeness (QED) is 0.688. The van der Waals surface area contributed by atoms with Crippen LogP contribution in [-0.4, -0.2) is 35.5 Å². The topological polar surface area (TPSA) is 57.6 Å². The number of hydrogen-bond acceptors (Lipinski definition) is 2. The highest BCUT2D eigenvalue weighted by molar-refractivity contribution is 5.84. The van der Waals surface area contributed by atoms with E-state index in [1.807, 2.05) is 0 Å². The zero-order chi connectivity index (χ0) is 9.14. The fraction of sp³-hybridized carbons (Fsp3) is 0.750. The van der Waals surface area contributed by atoms with Crippen LogP contribution in [0.25, 0.3) is 0 Å². The van der Waals surface area contributed by atoms with E-state index in [0.29, 0.717) is 31.1 Å². The molecule has 68 valence electrons. The molecule has 0 aromatic rings. The van der Waals surface area contributed by atoms with Crippen LogP contribution in [0.4, 0.5) is 4.79 Å². The molecule has 4 nitrogen and oxygen atoms in total. The molecule has 1 N–H and O–H groups in total. The van der Waals surface area contributed by atoms with Gasteiger partial charge in [0.1, 0.15) is 5.78 Å². The predicted molar refractivity (Wildman–Crippen MR) is 43.0 cm³/mol. The van der Waals surface area contributed by atoms with Gasteiger partial charge in [-0.3, -0.25) is 4.79 Å². The Morgan fingerprint density at radius 1 is 1.67 bits per heavy atom. The van der Waals surface area contributed by atoms with Crippen LogP contribution in [0.1, 0.15) is 19.3 Å². The molecular formula is C8H13NO3.